The third-order valence-electron chi connectivity index (χ3n) is 15.8. The van der Waals surface area contributed by atoms with Gasteiger partial charge in [0.15, 0.2) is 52.6 Å². The molecule has 30 heteroatoms. The molecule has 4 saturated heterocycles. The van der Waals surface area contributed by atoms with Crippen LogP contribution in [0.5, 0.6) is 11.5 Å². The van der Waals surface area contributed by atoms with Crippen LogP contribution in [0.3, 0.4) is 0 Å². The van der Waals surface area contributed by atoms with Crippen molar-refractivity contribution >= 4 is 74.6 Å². The number of hydrogen-bond acceptors (Lipinski definition) is 28. The van der Waals surface area contributed by atoms with Gasteiger partial charge in [-0.05, 0) is 51.0 Å². The van der Waals surface area contributed by atoms with Gasteiger partial charge in [0.1, 0.15) is 36.1 Å². The lowest BCUT2D eigenvalue weighted by atomic mass is 9.73. The van der Waals surface area contributed by atoms with Crippen molar-refractivity contribution in [3.05, 3.63) is 65.1 Å². The van der Waals surface area contributed by atoms with Gasteiger partial charge in [-0.1, -0.05) is 59.9 Å². The van der Waals surface area contributed by atoms with Gasteiger partial charge in [-0.3, -0.25) is 19.7 Å². The minimum atomic E-state index is -2.43. The highest BCUT2D eigenvalue weighted by Gasteiger charge is 2.57. The predicted molar refractivity (Wildman–Crippen MR) is 325 cm³/mol. The molecule has 4 unspecified atom stereocenters. The molecular weight excluding hydrogens is 1230 g/mol. The van der Waals surface area contributed by atoms with Gasteiger partial charge in [0, 0.05) is 55.9 Å². The van der Waals surface area contributed by atoms with Crippen LogP contribution >= 0.6 is 45.1 Å². The first-order valence-electron chi connectivity index (χ1n) is 28.4. The first-order valence-corrected chi connectivity index (χ1v) is 33.3. The first kappa shape index (κ1) is 69.7. The second-order valence-corrected chi connectivity index (χ2v) is 27.1. The number of carbonyl (C=O) groups excluding carboxylic acids is 4. The van der Waals surface area contributed by atoms with Crippen LogP contribution in [0, 0.1) is 11.8 Å². The predicted octanol–water partition coefficient (Wildman–Crippen LogP) is 3.21. The lowest BCUT2D eigenvalue weighted by Crippen LogP contribution is -2.65. The van der Waals surface area contributed by atoms with E-state index in [0.717, 1.165) is 7.11 Å². The number of alkyl carbamates (subject to hydrolysis) is 1. The maximum atomic E-state index is 15.6. The van der Waals surface area contributed by atoms with E-state index in [4.69, 9.17) is 66.4 Å². The van der Waals surface area contributed by atoms with Crippen LogP contribution in [0.25, 0.3) is 0 Å². The number of hydroxylamine groups is 1. The summed E-state index contributed by atoms with van der Waals surface area (Å²) < 4.78 is 77.1. The fraction of sp³-hybridized carbons (Fsp3) is 0.655. The number of benzene rings is 1. The number of anilines is 1. The van der Waals surface area contributed by atoms with Crippen molar-refractivity contribution in [1.82, 2.24) is 16.1 Å². The molecular formula is C58H80N4O22S4. The molecule has 6 heterocycles. The number of carbonyl (C=O) groups is 4. The number of ether oxygens (including phenoxy) is 13. The molecule has 9 rings (SSSR count). The number of aliphatic hydroxyl groups is 4. The van der Waals surface area contributed by atoms with E-state index in [1.54, 1.807) is 26.2 Å². The molecule has 1 aromatic carbocycles. The molecule has 8 N–H and O–H groups in total. The number of fused-ring (bicyclic) bond motifs is 3. The largest absolute Gasteiger partial charge is 0.493 e. The number of rotatable bonds is 23. The summed E-state index contributed by atoms with van der Waals surface area (Å²) in [7, 11) is 9.34. The van der Waals surface area contributed by atoms with Gasteiger partial charge in [0.25, 0.3) is 5.91 Å². The summed E-state index contributed by atoms with van der Waals surface area (Å²) in [5.74, 6) is 3.84. The zero-order valence-corrected chi connectivity index (χ0v) is 54.1. The Morgan fingerprint density at radius 1 is 0.852 bits per heavy atom. The van der Waals surface area contributed by atoms with Crippen molar-refractivity contribution in [3.8, 4) is 23.3 Å². The van der Waals surface area contributed by atoms with Crippen LogP contribution in [-0.2, 0) is 66.5 Å². The smallest absolute Gasteiger partial charge is 0.411 e. The number of esters is 1. The second kappa shape index (κ2) is 30.5. The van der Waals surface area contributed by atoms with E-state index >= 15 is 4.79 Å². The molecule has 0 saturated carbocycles. The van der Waals surface area contributed by atoms with Crippen molar-refractivity contribution < 1.29 is 106 Å². The van der Waals surface area contributed by atoms with Crippen molar-refractivity contribution in [2.75, 3.05) is 65.7 Å². The van der Waals surface area contributed by atoms with E-state index in [2.05, 4.69) is 39.9 Å². The van der Waals surface area contributed by atoms with Crippen molar-refractivity contribution in [1.29, 1.82) is 0 Å². The van der Waals surface area contributed by atoms with E-state index in [1.807, 2.05) is 33.3 Å². The van der Waals surface area contributed by atoms with Crippen LogP contribution in [0.4, 0.5) is 10.5 Å². The minimum Gasteiger partial charge on any atom is -0.493 e. The van der Waals surface area contributed by atoms with Gasteiger partial charge in [-0.25, -0.2) is 9.59 Å². The molecule has 2 amide bonds. The molecule has 0 spiro atoms. The summed E-state index contributed by atoms with van der Waals surface area (Å²) in [5.41, 5.74) is -0.395. The van der Waals surface area contributed by atoms with Gasteiger partial charge < -0.3 is 92.6 Å². The molecule has 2 aliphatic carbocycles. The van der Waals surface area contributed by atoms with Crippen molar-refractivity contribution in [2.45, 2.75) is 179 Å². The van der Waals surface area contributed by atoms with Crippen LogP contribution in [-0.4, -0.2) is 230 Å². The quantitative estimate of drug-likeness (QED) is 0.0148. The van der Waals surface area contributed by atoms with Gasteiger partial charge >= 0.3 is 12.1 Å². The number of nitrogens with one attached hydrogen (secondary N) is 4. The molecule has 488 valence electrons. The molecule has 88 heavy (non-hydrogen) atoms. The average molecular weight is 1310 g/mol. The highest BCUT2D eigenvalue weighted by Crippen LogP contribution is 2.51. The number of methoxy groups -OCH3 is 5. The van der Waals surface area contributed by atoms with E-state index in [1.165, 1.54) is 91.6 Å². The normalized spacial score (nSPS) is 37.3. The summed E-state index contributed by atoms with van der Waals surface area (Å²) in [6, 6.07) is 1.45. The zero-order chi connectivity index (χ0) is 63.9. The first-order chi connectivity index (χ1) is 41.9. The highest BCUT2D eigenvalue weighted by atomic mass is 33.1. The fourth-order valence-electron chi connectivity index (χ4n) is 11.3. The Balaban J connectivity index is 1.15. The number of amides is 2. The summed E-state index contributed by atoms with van der Waals surface area (Å²) in [5, 5.41) is 57.0. The van der Waals surface area contributed by atoms with Crippen LogP contribution in [0.2, 0.25) is 0 Å². The third kappa shape index (κ3) is 15.5. The third-order valence-corrected chi connectivity index (χ3v) is 20.9. The maximum Gasteiger partial charge on any atom is 0.411 e. The number of thioether (sulfide) groups is 2. The Labute approximate surface area is 527 Å². The van der Waals surface area contributed by atoms with Gasteiger partial charge in [0.2, 0.25) is 5.78 Å². The van der Waals surface area contributed by atoms with Crippen LogP contribution < -0.4 is 30.9 Å². The Morgan fingerprint density at radius 3 is 2.23 bits per heavy atom. The Morgan fingerprint density at radius 2 is 1.57 bits per heavy atom. The lowest BCUT2D eigenvalue weighted by Gasteiger charge is -2.47. The number of Topliss-reactive ketones (excluding diaryl/α,β-unsaturated/α-hetero) is 1. The number of aliphatic hydroxyl groups excluding tert-OH is 3. The van der Waals surface area contributed by atoms with E-state index in [0.29, 0.717) is 0 Å². The van der Waals surface area contributed by atoms with Crippen LogP contribution in [0.15, 0.2) is 59.5 Å². The molecule has 4 fully saturated rings. The minimum absolute atomic E-state index is 0.00642. The second-order valence-electron chi connectivity index (χ2n) is 21.9. The van der Waals surface area contributed by atoms with Gasteiger partial charge in [-0.15, -0.1) is 11.8 Å². The maximum absolute atomic E-state index is 15.6. The average Bonchev–Trinajstić information content (AvgIpc) is 1.36. The van der Waals surface area contributed by atoms with Crippen molar-refractivity contribution in [2.24, 2.45) is 0 Å². The molecule has 20 atom stereocenters. The molecule has 4 bridgehead atoms. The summed E-state index contributed by atoms with van der Waals surface area (Å²) in [6.45, 7) is 12.7. The molecule has 0 aromatic heterocycles. The summed E-state index contributed by atoms with van der Waals surface area (Å²) in [6.07, 6.45) is -10.7. The molecule has 1 aromatic rings. The van der Waals surface area contributed by atoms with Crippen LogP contribution in [0.1, 0.15) is 64.2 Å². The van der Waals surface area contributed by atoms with Gasteiger partial charge in [-0.2, -0.15) is 17.2 Å². The lowest BCUT2D eigenvalue weighted by molar-refractivity contribution is -0.336. The standard InChI is InChI=1S/C58H80N4O22S4/c1-26(2)59-34-25-76-41(23-37(34)72-8)82-50-48(65)45(62-84-43-22-35(63)51(85-12)29(5)78-43)27(3)79-55(50)81-36-14-16-57(88-86-13)17-18-58(70)32(15-19-87-57)44(36)46(61-56(69)75-11)49(66)52(58)83-42-24-40(47(64)28(4)77-42)80-54(68)31-20-38(73-9)39(74-10)21-33(31)60-53(67)30(6)71-7/h15,17-18,20-21,26-29,34-37,40-43,45,47-48,50-52,55,59,62-65,70H,6,19,22-25H2,1-5,7-13H3,(H,60,67)(H,61,69)/b18-17-,32-15+/t27-,28+,29-,34+,35+,36+,37+,40+,41+,42?,43?,45-,47?,48+,50-,51-,52-,55+,57?,58-/m1/s1. The van der Waals surface area contributed by atoms with E-state index < -0.39 is 138 Å². The molecule has 26 nitrogen and oxygen atoms in total. The Hall–Kier alpha value is -4.18. The summed E-state index contributed by atoms with van der Waals surface area (Å²) >= 11 is 2.88. The number of hydrogen-bond donors (Lipinski definition) is 8. The monoisotopic (exact) mass is 1310 g/mol. The van der Waals surface area contributed by atoms with Gasteiger partial charge in [0.05, 0.1) is 99.8 Å². The number of ketones is 1. The molecule has 6 aliphatic heterocycles. The topological polar surface area (TPSA) is 327 Å². The van der Waals surface area contributed by atoms with Crippen molar-refractivity contribution in [3.63, 3.8) is 0 Å². The van der Waals surface area contributed by atoms with E-state index in [-0.39, 0.29) is 88.3 Å². The highest BCUT2D eigenvalue weighted by molar-refractivity contribution is 8.78. The van der Waals surface area contributed by atoms with E-state index in [9.17, 15) is 34.8 Å². The Kier molecular flexibility index (Phi) is 24.2. The Bertz CT molecular complexity index is 2850. The molecule has 0 radical (unpaired) electrons. The zero-order valence-electron chi connectivity index (χ0n) is 50.9. The summed E-state index contributed by atoms with van der Waals surface area (Å²) in [4.78, 5) is 62.5. The fourth-order valence-corrected chi connectivity index (χ4v) is 15.9. The molecule has 8 aliphatic rings. The SMILES string of the molecule is C=C(OC)C(=O)Nc1cc(OC)c(OC)cc1C(=O)O[C@H]1CC(O[C@@H]2C(=O)C(NC(=O)OC)=C3/C4=C\CSC(SSC)(C#C[C@@H]3O[C@@H]3O[C@H](C)[C@@H](NOC5C[C@H](O)[C@H](SC)[C@@H](C)O5)[C@H](O)[C@H]3O[C@H]3C[C@H](OC)[C@@H](NC(C)C)CO3)/C=C\[C@@]42O)O[C@@H](C)C1O.